The van der Waals surface area contributed by atoms with Crippen molar-refractivity contribution in [1.29, 1.82) is 0 Å². The summed E-state index contributed by atoms with van der Waals surface area (Å²) < 4.78 is 18.4. The molecule has 104 valence electrons. The number of nitrogens with two attached hydrogens (primary N) is 1. The molecule has 0 saturated heterocycles. The molecule has 0 radical (unpaired) electrons. The highest BCUT2D eigenvalue weighted by Gasteiger charge is 2.34. The summed E-state index contributed by atoms with van der Waals surface area (Å²) in [5.74, 6) is -0.691. The zero-order chi connectivity index (χ0) is 13.9. The molecule has 1 aromatic rings. The maximum atomic E-state index is 13.6. The molecule has 0 spiro atoms. The van der Waals surface area contributed by atoms with Crippen molar-refractivity contribution >= 4 is 5.91 Å². The fourth-order valence-electron chi connectivity index (χ4n) is 2.55. The first-order valence-electron chi connectivity index (χ1n) is 6.46. The Morgan fingerprint density at radius 1 is 1.47 bits per heavy atom. The molecule has 1 aliphatic carbocycles. The molecule has 0 atom stereocenters. The second-order valence-corrected chi connectivity index (χ2v) is 5.00. The van der Waals surface area contributed by atoms with E-state index in [1.165, 1.54) is 19.2 Å². The Morgan fingerprint density at radius 2 is 2.16 bits per heavy atom. The summed E-state index contributed by atoms with van der Waals surface area (Å²) in [6.07, 6.45) is 3.89. The number of carbonyl (C=O) groups excluding carboxylic acids is 1. The molecule has 19 heavy (non-hydrogen) atoms. The summed E-state index contributed by atoms with van der Waals surface area (Å²) in [7, 11) is 1.39. The molecule has 0 heterocycles. The van der Waals surface area contributed by atoms with E-state index < -0.39 is 5.82 Å². The molecule has 5 heteroatoms. The number of hydrogen-bond donors (Lipinski definition) is 2. The number of ether oxygens (including phenoxy) is 1. The molecular formula is C14H19FN2O2. The smallest absolute Gasteiger partial charge is 0.251 e. The van der Waals surface area contributed by atoms with Gasteiger partial charge in [0.05, 0.1) is 12.6 Å². The normalized spacial score (nSPS) is 17.2. The molecule has 0 aliphatic heterocycles. The summed E-state index contributed by atoms with van der Waals surface area (Å²) in [5, 5.41) is 2.95. The van der Waals surface area contributed by atoms with Crippen LogP contribution in [-0.4, -0.2) is 25.1 Å². The SMILES string of the molecule is COc1ccc(C(=O)NC2(CN)CCCC2)cc1F. The zero-order valence-electron chi connectivity index (χ0n) is 11.0. The first-order valence-corrected chi connectivity index (χ1v) is 6.46. The summed E-state index contributed by atoms with van der Waals surface area (Å²) in [6, 6.07) is 4.19. The molecule has 1 amide bonds. The molecule has 0 bridgehead atoms. The number of carbonyl (C=O) groups is 1. The van der Waals surface area contributed by atoms with E-state index in [2.05, 4.69) is 5.32 Å². The second kappa shape index (κ2) is 5.57. The average molecular weight is 266 g/mol. The van der Waals surface area contributed by atoms with Gasteiger partial charge in [0.2, 0.25) is 0 Å². The van der Waals surface area contributed by atoms with Gasteiger partial charge in [0.1, 0.15) is 0 Å². The summed E-state index contributed by atoms with van der Waals surface area (Å²) in [6.45, 7) is 0.414. The van der Waals surface area contributed by atoms with Crippen LogP contribution in [0.4, 0.5) is 4.39 Å². The van der Waals surface area contributed by atoms with Crippen molar-refractivity contribution in [3.63, 3.8) is 0 Å². The standard InChI is InChI=1S/C14H19FN2O2/c1-19-12-5-4-10(8-11(12)15)13(18)17-14(9-16)6-2-3-7-14/h4-5,8H,2-3,6-7,9,16H2,1H3,(H,17,18). The minimum absolute atomic E-state index is 0.131. The fourth-order valence-corrected chi connectivity index (χ4v) is 2.55. The third-order valence-electron chi connectivity index (χ3n) is 3.74. The molecule has 0 aromatic heterocycles. The zero-order valence-corrected chi connectivity index (χ0v) is 11.0. The van der Waals surface area contributed by atoms with Crippen molar-refractivity contribution in [3.8, 4) is 5.75 Å². The quantitative estimate of drug-likeness (QED) is 0.874. The molecule has 1 fully saturated rings. The van der Waals surface area contributed by atoms with Gasteiger partial charge in [-0.3, -0.25) is 4.79 Å². The van der Waals surface area contributed by atoms with Crippen LogP contribution in [0.1, 0.15) is 36.0 Å². The fraction of sp³-hybridized carbons (Fsp3) is 0.500. The van der Waals surface area contributed by atoms with E-state index in [4.69, 9.17) is 10.5 Å². The minimum atomic E-state index is -0.539. The minimum Gasteiger partial charge on any atom is -0.494 e. The molecule has 4 nitrogen and oxygen atoms in total. The topological polar surface area (TPSA) is 64.3 Å². The summed E-state index contributed by atoms with van der Waals surface area (Å²) >= 11 is 0. The summed E-state index contributed by atoms with van der Waals surface area (Å²) in [5.41, 5.74) is 5.73. The maximum absolute atomic E-state index is 13.6. The van der Waals surface area contributed by atoms with Gasteiger partial charge in [-0.1, -0.05) is 12.8 Å². The average Bonchev–Trinajstić information content (AvgIpc) is 2.87. The Kier molecular flexibility index (Phi) is 4.04. The van der Waals surface area contributed by atoms with Crippen molar-refractivity contribution in [1.82, 2.24) is 5.32 Å². The Balaban J connectivity index is 2.13. The van der Waals surface area contributed by atoms with Crippen LogP contribution >= 0.6 is 0 Å². The van der Waals surface area contributed by atoms with Crippen LogP contribution in [0.2, 0.25) is 0 Å². The molecule has 2 rings (SSSR count). The number of halogens is 1. The number of nitrogens with one attached hydrogen (secondary N) is 1. The Labute approximate surface area is 112 Å². The molecular weight excluding hydrogens is 247 g/mol. The van der Waals surface area contributed by atoms with Crippen LogP contribution in [-0.2, 0) is 0 Å². The number of methoxy groups -OCH3 is 1. The van der Waals surface area contributed by atoms with E-state index in [9.17, 15) is 9.18 Å². The van der Waals surface area contributed by atoms with Crippen molar-refractivity contribution in [3.05, 3.63) is 29.6 Å². The third-order valence-corrected chi connectivity index (χ3v) is 3.74. The van der Waals surface area contributed by atoms with E-state index >= 15 is 0 Å². The molecule has 1 aromatic carbocycles. The van der Waals surface area contributed by atoms with Crippen LogP contribution in [0.25, 0.3) is 0 Å². The Hall–Kier alpha value is -1.62. The maximum Gasteiger partial charge on any atom is 0.251 e. The lowest BCUT2D eigenvalue weighted by Gasteiger charge is -2.28. The molecule has 1 saturated carbocycles. The van der Waals surface area contributed by atoms with Gasteiger partial charge in [0.15, 0.2) is 11.6 Å². The third kappa shape index (κ3) is 2.87. The second-order valence-electron chi connectivity index (χ2n) is 5.00. The Bertz CT molecular complexity index is 471. The van der Waals surface area contributed by atoms with Crippen molar-refractivity contribution < 1.29 is 13.9 Å². The van der Waals surface area contributed by atoms with Gasteiger partial charge in [-0.15, -0.1) is 0 Å². The number of rotatable bonds is 4. The highest BCUT2D eigenvalue weighted by atomic mass is 19.1. The van der Waals surface area contributed by atoms with Gasteiger partial charge in [0, 0.05) is 12.1 Å². The van der Waals surface area contributed by atoms with E-state index in [1.807, 2.05) is 0 Å². The van der Waals surface area contributed by atoms with Crippen molar-refractivity contribution in [2.24, 2.45) is 5.73 Å². The predicted octanol–water partition coefficient (Wildman–Crippen LogP) is 1.84. The van der Waals surface area contributed by atoms with Crippen LogP contribution in [0.5, 0.6) is 5.75 Å². The lowest BCUT2D eigenvalue weighted by molar-refractivity contribution is 0.0902. The van der Waals surface area contributed by atoms with Crippen LogP contribution in [0.15, 0.2) is 18.2 Å². The van der Waals surface area contributed by atoms with E-state index in [-0.39, 0.29) is 22.8 Å². The van der Waals surface area contributed by atoms with Gasteiger partial charge in [-0.05, 0) is 31.0 Å². The largest absolute Gasteiger partial charge is 0.494 e. The van der Waals surface area contributed by atoms with Crippen molar-refractivity contribution in [2.45, 2.75) is 31.2 Å². The number of hydrogen-bond acceptors (Lipinski definition) is 3. The van der Waals surface area contributed by atoms with Gasteiger partial charge in [-0.2, -0.15) is 0 Å². The predicted molar refractivity (Wildman–Crippen MR) is 70.7 cm³/mol. The van der Waals surface area contributed by atoms with E-state index in [0.717, 1.165) is 25.7 Å². The van der Waals surface area contributed by atoms with E-state index in [0.29, 0.717) is 6.54 Å². The van der Waals surface area contributed by atoms with Gasteiger partial charge in [-0.25, -0.2) is 4.39 Å². The highest BCUT2D eigenvalue weighted by Crippen LogP contribution is 2.29. The lowest BCUT2D eigenvalue weighted by atomic mass is 9.97. The monoisotopic (exact) mass is 266 g/mol. The first-order chi connectivity index (χ1) is 9.10. The Morgan fingerprint density at radius 3 is 2.68 bits per heavy atom. The highest BCUT2D eigenvalue weighted by molar-refractivity contribution is 5.94. The van der Waals surface area contributed by atoms with Crippen LogP contribution in [0.3, 0.4) is 0 Å². The lowest BCUT2D eigenvalue weighted by Crippen LogP contribution is -2.51. The van der Waals surface area contributed by atoms with Gasteiger partial charge >= 0.3 is 0 Å². The number of amides is 1. The molecule has 3 N–H and O–H groups in total. The van der Waals surface area contributed by atoms with Crippen molar-refractivity contribution in [2.75, 3.05) is 13.7 Å². The van der Waals surface area contributed by atoms with E-state index in [1.54, 1.807) is 6.07 Å². The molecule has 1 aliphatic rings. The van der Waals surface area contributed by atoms with Gasteiger partial charge < -0.3 is 15.8 Å². The van der Waals surface area contributed by atoms with Crippen LogP contribution in [0, 0.1) is 5.82 Å². The van der Waals surface area contributed by atoms with Gasteiger partial charge in [0.25, 0.3) is 5.91 Å². The first kappa shape index (κ1) is 13.8. The van der Waals surface area contributed by atoms with Crippen LogP contribution < -0.4 is 15.8 Å². The summed E-state index contributed by atoms with van der Waals surface area (Å²) in [4.78, 5) is 12.1. The molecule has 0 unspecified atom stereocenters. The number of benzene rings is 1.